The van der Waals surface area contributed by atoms with Crippen molar-refractivity contribution in [3.63, 3.8) is 0 Å². The van der Waals surface area contributed by atoms with Gasteiger partial charge in [-0.05, 0) is 29.7 Å². The molecule has 0 radical (unpaired) electrons. The van der Waals surface area contributed by atoms with Crippen LogP contribution in [0.3, 0.4) is 0 Å². The summed E-state index contributed by atoms with van der Waals surface area (Å²) in [7, 11) is 0. The van der Waals surface area contributed by atoms with Crippen LogP contribution in [0.2, 0.25) is 0 Å². The Balaban J connectivity index is 1.54. The van der Waals surface area contributed by atoms with Crippen LogP contribution in [0, 0.1) is 5.92 Å². The van der Waals surface area contributed by atoms with Gasteiger partial charge in [0, 0.05) is 0 Å². The smallest absolute Gasteiger partial charge is 0.225 e. The first-order valence-electron chi connectivity index (χ1n) is 9.75. The molecule has 0 saturated heterocycles. The van der Waals surface area contributed by atoms with Gasteiger partial charge in [-0.25, -0.2) is 4.98 Å². The summed E-state index contributed by atoms with van der Waals surface area (Å²) in [6.45, 7) is 3.45. The number of hydrogen-bond donors (Lipinski definition) is 1. The Bertz CT molecular complexity index is 944. The van der Waals surface area contributed by atoms with Crippen molar-refractivity contribution < 1.29 is 14.3 Å². The molecule has 3 aromatic rings. The fourth-order valence-corrected chi connectivity index (χ4v) is 3.38. The number of hydrogen-bond acceptors (Lipinski definition) is 5. The van der Waals surface area contributed by atoms with Gasteiger partial charge in [0.2, 0.25) is 5.91 Å². The number of fused-ring (bicyclic) bond motifs is 1. The summed E-state index contributed by atoms with van der Waals surface area (Å²) in [5.74, 6) is 1.18. The molecule has 1 aromatic heterocycles. The lowest BCUT2D eigenvalue weighted by molar-refractivity contribution is -0.125. The average Bonchev–Trinajstić information content (AvgIpc) is 3.26. The first-order valence-corrected chi connectivity index (χ1v) is 9.75. The van der Waals surface area contributed by atoms with E-state index >= 15 is 0 Å². The van der Waals surface area contributed by atoms with Crippen LogP contribution in [-0.4, -0.2) is 33.9 Å². The lowest BCUT2D eigenvalue weighted by atomic mass is 9.97. The van der Waals surface area contributed by atoms with Gasteiger partial charge in [-0.2, -0.15) is 5.10 Å². The molecule has 2 atom stereocenters. The molecule has 2 aromatic carbocycles. The molecular formula is C22H24N4O3. The third-order valence-electron chi connectivity index (χ3n) is 4.94. The van der Waals surface area contributed by atoms with Crippen molar-refractivity contribution in [1.29, 1.82) is 0 Å². The van der Waals surface area contributed by atoms with Gasteiger partial charge in [0.25, 0.3) is 0 Å². The van der Waals surface area contributed by atoms with E-state index in [-0.39, 0.29) is 17.9 Å². The third-order valence-corrected chi connectivity index (χ3v) is 4.94. The van der Waals surface area contributed by atoms with Crippen molar-refractivity contribution >= 4 is 5.91 Å². The second-order valence-electron chi connectivity index (χ2n) is 7.17. The van der Waals surface area contributed by atoms with Crippen molar-refractivity contribution in [3.05, 3.63) is 72.3 Å². The van der Waals surface area contributed by atoms with Crippen molar-refractivity contribution in [2.24, 2.45) is 5.92 Å². The molecule has 0 fully saturated rings. The minimum atomic E-state index is -0.243. The van der Waals surface area contributed by atoms with E-state index in [1.165, 1.54) is 6.33 Å². The third kappa shape index (κ3) is 4.74. The van der Waals surface area contributed by atoms with Gasteiger partial charge >= 0.3 is 0 Å². The summed E-state index contributed by atoms with van der Waals surface area (Å²) < 4.78 is 13.0. The van der Waals surface area contributed by atoms with E-state index in [2.05, 4.69) is 27.5 Å². The van der Waals surface area contributed by atoms with Gasteiger partial charge in [0.15, 0.2) is 11.5 Å². The molecule has 7 nitrogen and oxygen atoms in total. The summed E-state index contributed by atoms with van der Waals surface area (Å²) in [5, 5.41) is 7.29. The van der Waals surface area contributed by atoms with Gasteiger partial charge in [-0.3, -0.25) is 9.48 Å². The van der Waals surface area contributed by atoms with E-state index in [1.807, 2.05) is 43.3 Å². The number of nitrogens with one attached hydrogen (secondary N) is 1. The fraction of sp³-hybridized carbons (Fsp3) is 0.318. The highest BCUT2D eigenvalue weighted by atomic mass is 16.6. The molecule has 7 heteroatoms. The van der Waals surface area contributed by atoms with Crippen LogP contribution in [0.5, 0.6) is 11.5 Å². The van der Waals surface area contributed by atoms with E-state index in [1.54, 1.807) is 11.0 Å². The highest BCUT2D eigenvalue weighted by Crippen LogP contribution is 2.33. The minimum Gasteiger partial charge on any atom is -0.486 e. The molecule has 4 rings (SSSR count). The van der Waals surface area contributed by atoms with E-state index in [9.17, 15) is 4.79 Å². The van der Waals surface area contributed by atoms with E-state index < -0.39 is 0 Å². The van der Waals surface area contributed by atoms with Crippen molar-refractivity contribution in [3.8, 4) is 11.5 Å². The second kappa shape index (κ2) is 8.77. The van der Waals surface area contributed by atoms with E-state index in [0.29, 0.717) is 26.2 Å². The standard InChI is InChI=1S/C22H24N4O3/c1-16(13-26-15-23-14-24-26)22(27)25-19(11-17-5-3-2-4-6-17)18-7-8-20-21(12-18)29-10-9-28-20/h2-8,12,14-16,19H,9-11,13H2,1H3,(H,25,27)/t16-,19+/m1/s1. The Morgan fingerprint density at radius 1 is 1.14 bits per heavy atom. The molecule has 1 aliphatic rings. The van der Waals surface area contributed by atoms with Crippen molar-refractivity contribution in [1.82, 2.24) is 20.1 Å². The summed E-state index contributed by atoms with van der Waals surface area (Å²) in [6, 6.07) is 15.8. The van der Waals surface area contributed by atoms with Gasteiger partial charge in [0.1, 0.15) is 25.9 Å². The van der Waals surface area contributed by atoms with Crippen LogP contribution in [0.15, 0.2) is 61.2 Å². The van der Waals surface area contributed by atoms with Gasteiger partial charge in [0.05, 0.1) is 18.5 Å². The SMILES string of the molecule is C[C@H](Cn1cncn1)C(=O)N[C@@H](Cc1ccccc1)c1ccc2c(c1)OCCO2. The Morgan fingerprint density at radius 2 is 1.93 bits per heavy atom. The predicted octanol–water partition coefficient (Wildman–Crippen LogP) is 2.79. The topological polar surface area (TPSA) is 78.3 Å². The molecule has 0 aliphatic carbocycles. The number of amides is 1. The molecule has 0 unspecified atom stereocenters. The Labute approximate surface area is 169 Å². The number of ether oxygens (including phenoxy) is 2. The average molecular weight is 392 g/mol. The lowest BCUT2D eigenvalue weighted by Crippen LogP contribution is -2.35. The molecule has 1 amide bonds. The number of benzene rings is 2. The highest BCUT2D eigenvalue weighted by molar-refractivity contribution is 5.78. The monoisotopic (exact) mass is 392 g/mol. The van der Waals surface area contributed by atoms with Gasteiger partial charge in [-0.15, -0.1) is 0 Å². The fourth-order valence-electron chi connectivity index (χ4n) is 3.38. The lowest BCUT2D eigenvalue weighted by Gasteiger charge is -2.24. The molecule has 29 heavy (non-hydrogen) atoms. The Morgan fingerprint density at radius 3 is 2.69 bits per heavy atom. The van der Waals surface area contributed by atoms with Gasteiger partial charge < -0.3 is 14.8 Å². The molecule has 1 N–H and O–H groups in total. The van der Waals surface area contributed by atoms with Crippen LogP contribution >= 0.6 is 0 Å². The molecule has 2 heterocycles. The first-order chi connectivity index (χ1) is 14.2. The number of nitrogens with zero attached hydrogens (tertiary/aromatic N) is 3. The number of rotatable bonds is 7. The number of carbonyl (C=O) groups excluding carboxylic acids is 1. The number of aromatic nitrogens is 3. The number of carbonyl (C=O) groups is 1. The van der Waals surface area contributed by atoms with Crippen LogP contribution in [0.25, 0.3) is 0 Å². The van der Waals surface area contributed by atoms with Crippen LogP contribution < -0.4 is 14.8 Å². The van der Waals surface area contributed by atoms with Crippen LogP contribution in [0.4, 0.5) is 0 Å². The predicted molar refractivity (Wildman–Crippen MR) is 108 cm³/mol. The van der Waals surface area contributed by atoms with Gasteiger partial charge in [-0.1, -0.05) is 43.3 Å². The first kappa shape index (κ1) is 19.0. The van der Waals surface area contributed by atoms with Crippen molar-refractivity contribution in [2.45, 2.75) is 25.9 Å². The van der Waals surface area contributed by atoms with E-state index in [4.69, 9.17) is 9.47 Å². The molecule has 150 valence electrons. The van der Waals surface area contributed by atoms with Crippen molar-refractivity contribution in [2.75, 3.05) is 13.2 Å². The maximum absolute atomic E-state index is 12.9. The molecule has 0 bridgehead atoms. The summed E-state index contributed by atoms with van der Waals surface area (Å²) in [4.78, 5) is 16.8. The van der Waals surface area contributed by atoms with Crippen LogP contribution in [0.1, 0.15) is 24.1 Å². The molecule has 1 aliphatic heterocycles. The normalized spacial score (nSPS) is 14.8. The highest BCUT2D eigenvalue weighted by Gasteiger charge is 2.22. The van der Waals surface area contributed by atoms with Crippen LogP contribution in [-0.2, 0) is 17.8 Å². The summed E-state index contributed by atoms with van der Waals surface area (Å²) >= 11 is 0. The molecular weight excluding hydrogens is 368 g/mol. The maximum atomic E-state index is 12.9. The summed E-state index contributed by atoms with van der Waals surface area (Å²) in [5.41, 5.74) is 2.14. The Kier molecular flexibility index (Phi) is 5.74. The minimum absolute atomic E-state index is 0.0312. The van der Waals surface area contributed by atoms with E-state index in [0.717, 1.165) is 22.6 Å². The largest absolute Gasteiger partial charge is 0.486 e. The zero-order chi connectivity index (χ0) is 20.1. The zero-order valence-corrected chi connectivity index (χ0v) is 16.3. The summed E-state index contributed by atoms with van der Waals surface area (Å²) in [6.07, 6.45) is 3.77. The molecule has 0 spiro atoms. The molecule has 0 saturated carbocycles. The maximum Gasteiger partial charge on any atom is 0.225 e. The quantitative estimate of drug-likeness (QED) is 0.669. The second-order valence-corrected chi connectivity index (χ2v) is 7.17. The zero-order valence-electron chi connectivity index (χ0n) is 16.3. The Hall–Kier alpha value is -3.35.